The van der Waals surface area contributed by atoms with Gasteiger partial charge in [0.05, 0.1) is 19.8 Å². The van der Waals surface area contributed by atoms with Crippen LogP contribution in [0.4, 0.5) is 29.5 Å². The summed E-state index contributed by atoms with van der Waals surface area (Å²) in [5, 5.41) is 12.2. The van der Waals surface area contributed by atoms with Crippen molar-refractivity contribution in [1.82, 2.24) is 9.88 Å². The first-order chi connectivity index (χ1) is 17.1. The van der Waals surface area contributed by atoms with E-state index in [-0.39, 0.29) is 26.2 Å². The number of carbonyl (C=O) groups excluding carboxylic acids is 1. The second-order valence-corrected chi connectivity index (χ2v) is 8.66. The minimum absolute atomic E-state index is 0.0528. The number of alkyl halides is 3. The molecule has 8 nitrogen and oxygen atoms in total. The van der Waals surface area contributed by atoms with E-state index in [1.807, 2.05) is 42.2 Å². The van der Waals surface area contributed by atoms with Crippen molar-refractivity contribution in [3.05, 3.63) is 35.9 Å². The molecule has 2 aliphatic heterocycles. The standard InChI is InChI=1S/C23H30N4O4.C2H3F3/c1-17-4-5-19(24-23(29)27-6-2-3-7-27)16-20(17)18-14-21(26-8-11-30-12-9-26)25-22(15-18)31-13-10-28;1-2(3,4)5/h4-5,14-16,28H,2-3,6-13H2,1H3,(H,24,29);1H3. The average Bonchev–Trinajstić information content (AvgIpc) is 3.39. The fourth-order valence-corrected chi connectivity index (χ4v) is 3.96. The Morgan fingerprint density at radius 3 is 2.44 bits per heavy atom. The van der Waals surface area contributed by atoms with Gasteiger partial charge in [-0.05, 0) is 54.7 Å². The number of rotatable bonds is 6. The number of aliphatic hydroxyl groups is 1. The zero-order valence-electron chi connectivity index (χ0n) is 20.6. The van der Waals surface area contributed by atoms with E-state index in [1.54, 1.807) is 0 Å². The molecular weight excluding hydrogens is 477 g/mol. The summed E-state index contributed by atoms with van der Waals surface area (Å²) in [6, 6.07) is 9.82. The Hall–Kier alpha value is -3.05. The summed E-state index contributed by atoms with van der Waals surface area (Å²) < 4.78 is 42.2. The van der Waals surface area contributed by atoms with Gasteiger partial charge in [0.15, 0.2) is 0 Å². The summed E-state index contributed by atoms with van der Waals surface area (Å²) in [6.07, 6.45) is -1.88. The second kappa shape index (κ2) is 12.8. The number of anilines is 2. The van der Waals surface area contributed by atoms with E-state index in [2.05, 4.69) is 15.2 Å². The molecule has 1 aromatic carbocycles. The lowest BCUT2D eigenvalue weighted by atomic mass is 10.0. The molecule has 198 valence electrons. The molecule has 0 spiro atoms. The SMILES string of the molecule is CC(F)(F)F.Cc1ccc(NC(=O)N2CCCC2)cc1-c1cc(OCCO)nc(N2CCOCC2)c1. The van der Waals surface area contributed by atoms with Gasteiger partial charge in [0, 0.05) is 44.9 Å². The number of nitrogens with one attached hydrogen (secondary N) is 1. The highest BCUT2D eigenvalue weighted by molar-refractivity contribution is 5.90. The number of ether oxygens (including phenoxy) is 2. The van der Waals surface area contributed by atoms with Crippen molar-refractivity contribution in [1.29, 1.82) is 0 Å². The fourth-order valence-electron chi connectivity index (χ4n) is 3.96. The van der Waals surface area contributed by atoms with E-state index in [4.69, 9.17) is 14.6 Å². The average molecular weight is 511 g/mol. The molecule has 2 N–H and O–H groups in total. The normalized spacial score (nSPS) is 15.8. The summed E-state index contributed by atoms with van der Waals surface area (Å²) in [7, 11) is 0. The number of halogens is 3. The molecule has 1 aromatic heterocycles. The number of urea groups is 1. The van der Waals surface area contributed by atoms with E-state index in [1.165, 1.54) is 0 Å². The molecule has 2 aliphatic rings. The van der Waals surface area contributed by atoms with Gasteiger partial charge in [-0.15, -0.1) is 0 Å². The Morgan fingerprint density at radius 1 is 1.14 bits per heavy atom. The third-order valence-electron chi connectivity index (χ3n) is 5.66. The van der Waals surface area contributed by atoms with Crippen LogP contribution < -0.4 is 15.0 Å². The minimum atomic E-state index is -4.00. The number of pyridine rings is 1. The first-order valence-electron chi connectivity index (χ1n) is 12.0. The van der Waals surface area contributed by atoms with Gasteiger partial charge in [-0.3, -0.25) is 0 Å². The molecule has 2 saturated heterocycles. The monoisotopic (exact) mass is 510 g/mol. The zero-order valence-corrected chi connectivity index (χ0v) is 20.6. The van der Waals surface area contributed by atoms with Gasteiger partial charge in [0.1, 0.15) is 12.4 Å². The first kappa shape index (κ1) is 27.5. The van der Waals surface area contributed by atoms with Crippen LogP contribution in [0.25, 0.3) is 11.1 Å². The highest BCUT2D eigenvalue weighted by atomic mass is 19.4. The van der Waals surface area contributed by atoms with Crippen LogP contribution in [-0.2, 0) is 4.74 Å². The van der Waals surface area contributed by atoms with Gasteiger partial charge < -0.3 is 29.7 Å². The van der Waals surface area contributed by atoms with Crippen LogP contribution in [0.1, 0.15) is 25.3 Å². The predicted molar refractivity (Wildman–Crippen MR) is 132 cm³/mol. The number of nitrogens with zero attached hydrogens (tertiary/aromatic N) is 3. The summed E-state index contributed by atoms with van der Waals surface area (Å²) in [5.41, 5.74) is 3.82. The van der Waals surface area contributed by atoms with Crippen molar-refractivity contribution in [2.45, 2.75) is 32.9 Å². The number of likely N-dealkylation sites (tertiary alicyclic amines) is 1. The molecule has 0 unspecified atom stereocenters. The quantitative estimate of drug-likeness (QED) is 0.597. The topological polar surface area (TPSA) is 87.2 Å². The van der Waals surface area contributed by atoms with Crippen molar-refractivity contribution >= 4 is 17.5 Å². The van der Waals surface area contributed by atoms with Crippen LogP contribution in [0, 0.1) is 6.92 Å². The molecule has 2 fully saturated rings. The van der Waals surface area contributed by atoms with E-state index in [0.29, 0.717) is 19.1 Å². The maximum atomic E-state index is 12.5. The number of carbonyl (C=O) groups is 1. The Balaban J connectivity index is 0.000000658. The molecule has 0 atom stereocenters. The number of aliphatic hydroxyl groups excluding tert-OH is 1. The van der Waals surface area contributed by atoms with Crippen LogP contribution in [0.2, 0.25) is 0 Å². The van der Waals surface area contributed by atoms with Crippen molar-refractivity contribution < 1.29 is 32.5 Å². The van der Waals surface area contributed by atoms with Crippen LogP contribution >= 0.6 is 0 Å². The number of hydrogen-bond donors (Lipinski definition) is 2. The van der Waals surface area contributed by atoms with Crippen LogP contribution in [0.5, 0.6) is 5.88 Å². The molecular formula is C25H33F3N4O4. The number of benzene rings is 1. The number of aryl methyl sites for hydroxylation is 1. The molecule has 36 heavy (non-hydrogen) atoms. The summed E-state index contributed by atoms with van der Waals surface area (Å²) >= 11 is 0. The highest BCUT2D eigenvalue weighted by Gasteiger charge is 2.19. The third-order valence-corrected chi connectivity index (χ3v) is 5.66. The fraction of sp³-hybridized carbons (Fsp3) is 0.520. The Labute approximate surface area is 209 Å². The summed E-state index contributed by atoms with van der Waals surface area (Å²) in [4.78, 5) is 21.2. The van der Waals surface area contributed by atoms with Crippen LogP contribution in [0.15, 0.2) is 30.3 Å². The first-order valence-corrected chi connectivity index (χ1v) is 12.0. The van der Waals surface area contributed by atoms with Gasteiger partial charge in [-0.2, -0.15) is 18.2 Å². The van der Waals surface area contributed by atoms with E-state index in [9.17, 15) is 18.0 Å². The van der Waals surface area contributed by atoms with E-state index < -0.39 is 6.18 Å². The molecule has 0 bridgehead atoms. The maximum Gasteiger partial charge on any atom is 0.386 e. The Kier molecular flexibility index (Phi) is 9.77. The van der Waals surface area contributed by atoms with Crippen LogP contribution in [-0.4, -0.2) is 79.8 Å². The minimum Gasteiger partial charge on any atom is -0.475 e. The lowest BCUT2D eigenvalue weighted by Crippen LogP contribution is -2.36. The smallest absolute Gasteiger partial charge is 0.386 e. The lowest BCUT2D eigenvalue weighted by molar-refractivity contribution is -0.110. The Bertz CT molecular complexity index is 1000. The maximum absolute atomic E-state index is 12.5. The third kappa shape index (κ3) is 8.56. The van der Waals surface area contributed by atoms with Gasteiger partial charge in [0.2, 0.25) is 5.88 Å². The van der Waals surface area contributed by atoms with Crippen molar-refractivity contribution in [3.8, 4) is 17.0 Å². The molecule has 2 amide bonds. The van der Waals surface area contributed by atoms with Crippen molar-refractivity contribution in [2.75, 3.05) is 62.8 Å². The van der Waals surface area contributed by atoms with Gasteiger partial charge in [0.25, 0.3) is 0 Å². The van der Waals surface area contributed by atoms with E-state index in [0.717, 1.165) is 67.2 Å². The molecule has 4 rings (SSSR count). The molecule has 0 saturated carbocycles. The summed E-state index contributed by atoms with van der Waals surface area (Å²) in [6.45, 7) is 6.82. The van der Waals surface area contributed by atoms with Crippen molar-refractivity contribution in [3.63, 3.8) is 0 Å². The highest BCUT2D eigenvalue weighted by Crippen LogP contribution is 2.32. The van der Waals surface area contributed by atoms with Gasteiger partial charge >= 0.3 is 12.2 Å². The largest absolute Gasteiger partial charge is 0.475 e. The molecule has 2 aromatic rings. The van der Waals surface area contributed by atoms with Crippen molar-refractivity contribution in [2.24, 2.45) is 0 Å². The number of amides is 2. The molecule has 0 aliphatic carbocycles. The number of aromatic nitrogens is 1. The van der Waals surface area contributed by atoms with Gasteiger partial charge in [-0.25, -0.2) is 4.79 Å². The molecule has 0 radical (unpaired) electrons. The number of hydrogen-bond acceptors (Lipinski definition) is 6. The lowest BCUT2D eigenvalue weighted by Gasteiger charge is -2.28. The van der Waals surface area contributed by atoms with Crippen LogP contribution in [0.3, 0.4) is 0 Å². The molecule has 11 heteroatoms. The predicted octanol–water partition coefficient (Wildman–Crippen LogP) is 4.46. The van der Waals surface area contributed by atoms with Gasteiger partial charge in [-0.1, -0.05) is 6.07 Å². The summed E-state index contributed by atoms with van der Waals surface area (Å²) in [5.74, 6) is 1.29. The zero-order chi connectivity index (χ0) is 26.1. The van der Waals surface area contributed by atoms with E-state index >= 15 is 0 Å². The molecule has 3 heterocycles. The Morgan fingerprint density at radius 2 is 1.81 bits per heavy atom. The number of morpholine rings is 1. The second-order valence-electron chi connectivity index (χ2n) is 8.66.